The molecule has 1 aromatic carbocycles. The molecule has 1 aromatic heterocycles. The average Bonchev–Trinajstić information content (AvgIpc) is 2.79. The molecule has 0 radical (unpaired) electrons. The summed E-state index contributed by atoms with van der Waals surface area (Å²) < 4.78 is 19.4. The lowest BCUT2D eigenvalue weighted by molar-refractivity contribution is 0.0263. The molecule has 7 heteroatoms. The molecule has 0 bridgehead atoms. The third kappa shape index (κ3) is 3.97. The number of benzene rings is 1. The number of carbonyl (C=O) groups is 1. The molecule has 0 unspecified atom stereocenters. The van der Waals surface area contributed by atoms with E-state index in [1.807, 2.05) is 26.8 Å². The first-order chi connectivity index (χ1) is 11.8. The number of ether oxygens (including phenoxy) is 1. The van der Waals surface area contributed by atoms with Crippen LogP contribution in [0.1, 0.15) is 27.2 Å². The first-order valence-electron chi connectivity index (χ1n) is 8.47. The van der Waals surface area contributed by atoms with Crippen molar-refractivity contribution in [1.29, 1.82) is 0 Å². The van der Waals surface area contributed by atoms with E-state index in [9.17, 15) is 9.18 Å². The molecule has 1 aliphatic rings. The fraction of sp³-hybridized carbons (Fsp3) is 0.500. The summed E-state index contributed by atoms with van der Waals surface area (Å²) in [7, 11) is 0. The van der Waals surface area contributed by atoms with Crippen LogP contribution in [0, 0.1) is 5.82 Å². The van der Waals surface area contributed by atoms with Gasteiger partial charge in [-0.15, -0.1) is 0 Å². The van der Waals surface area contributed by atoms with Crippen molar-refractivity contribution in [1.82, 2.24) is 14.9 Å². The highest BCUT2D eigenvalue weighted by molar-refractivity contribution is 5.89. The Morgan fingerprint density at radius 3 is 2.72 bits per heavy atom. The molecule has 2 aromatic rings. The summed E-state index contributed by atoms with van der Waals surface area (Å²) in [5, 5.41) is 0.688. The Balaban J connectivity index is 1.78. The highest BCUT2D eigenvalue weighted by atomic mass is 19.1. The number of amides is 1. The van der Waals surface area contributed by atoms with Crippen LogP contribution in [0.5, 0.6) is 0 Å². The molecule has 6 nitrogen and oxygen atoms in total. The average molecular weight is 346 g/mol. The van der Waals surface area contributed by atoms with Gasteiger partial charge in [-0.1, -0.05) is 6.07 Å². The Bertz CT molecular complexity index is 775. The summed E-state index contributed by atoms with van der Waals surface area (Å²) in [6.45, 7) is 8.09. The van der Waals surface area contributed by atoms with Crippen LogP contribution in [0.2, 0.25) is 0 Å². The predicted octanol–water partition coefficient (Wildman–Crippen LogP) is 3.22. The van der Waals surface area contributed by atoms with E-state index in [0.29, 0.717) is 36.4 Å². The lowest BCUT2D eigenvalue weighted by atomic mass is 10.2. The number of hydrogen-bond donors (Lipinski definition) is 0. The van der Waals surface area contributed by atoms with Crippen LogP contribution in [-0.2, 0) is 4.74 Å². The van der Waals surface area contributed by atoms with E-state index in [1.165, 1.54) is 12.4 Å². The number of halogens is 1. The lowest BCUT2D eigenvalue weighted by Crippen LogP contribution is -2.39. The van der Waals surface area contributed by atoms with E-state index in [0.717, 1.165) is 13.0 Å². The van der Waals surface area contributed by atoms with Crippen molar-refractivity contribution in [3.8, 4) is 0 Å². The second-order valence-electron chi connectivity index (χ2n) is 7.14. The van der Waals surface area contributed by atoms with Crippen molar-refractivity contribution in [2.75, 3.05) is 31.1 Å². The SMILES string of the molecule is CC(C)(C)OC(=O)N1CCCN(c2ncnc3c(F)cccc23)CC1. The van der Waals surface area contributed by atoms with Crippen molar-refractivity contribution in [2.24, 2.45) is 0 Å². The molecular formula is C18H23FN4O2. The van der Waals surface area contributed by atoms with Crippen LogP contribution in [-0.4, -0.2) is 52.7 Å². The van der Waals surface area contributed by atoms with E-state index in [-0.39, 0.29) is 11.9 Å². The minimum Gasteiger partial charge on any atom is -0.444 e. The zero-order chi connectivity index (χ0) is 18.0. The number of anilines is 1. The van der Waals surface area contributed by atoms with Crippen LogP contribution in [0.4, 0.5) is 15.0 Å². The maximum atomic E-state index is 14.0. The summed E-state index contributed by atoms with van der Waals surface area (Å²) in [6, 6.07) is 4.88. The second-order valence-corrected chi connectivity index (χ2v) is 7.14. The number of aromatic nitrogens is 2. The van der Waals surface area contributed by atoms with E-state index < -0.39 is 5.60 Å². The number of carbonyl (C=O) groups excluding carboxylic acids is 1. The van der Waals surface area contributed by atoms with E-state index in [1.54, 1.807) is 11.0 Å². The molecule has 134 valence electrons. The predicted molar refractivity (Wildman–Crippen MR) is 94.1 cm³/mol. The van der Waals surface area contributed by atoms with Gasteiger partial charge in [0.2, 0.25) is 0 Å². The van der Waals surface area contributed by atoms with Crippen LogP contribution in [0.15, 0.2) is 24.5 Å². The zero-order valence-corrected chi connectivity index (χ0v) is 14.8. The van der Waals surface area contributed by atoms with Crippen molar-refractivity contribution in [3.63, 3.8) is 0 Å². The van der Waals surface area contributed by atoms with Gasteiger partial charge in [-0.3, -0.25) is 0 Å². The molecule has 0 saturated carbocycles. The summed E-state index contributed by atoms with van der Waals surface area (Å²) >= 11 is 0. The summed E-state index contributed by atoms with van der Waals surface area (Å²) in [5.41, 5.74) is -0.190. The van der Waals surface area contributed by atoms with Gasteiger partial charge in [-0.2, -0.15) is 0 Å². The van der Waals surface area contributed by atoms with Gasteiger partial charge in [0.15, 0.2) is 0 Å². The van der Waals surface area contributed by atoms with E-state index in [4.69, 9.17) is 4.74 Å². The van der Waals surface area contributed by atoms with Gasteiger partial charge in [-0.05, 0) is 39.3 Å². The molecule has 1 amide bonds. The largest absolute Gasteiger partial charge is 0.444 e. The summed E-state index contributed by atoms with van der Waals surface area (Å²) in [6.07, 6.45) is 1.88. The summed E-state index contributed by atoms with van der Waals surface area (Å²) in [4.78, 5) is 24.5. The Morgan fingerprint density at radius 1 is 1.16 bits per heavy atom. The molecule has 1 aliphatic heterocycles. The minimum absolute atomic E-state index is 0.298. The van der Waals surface area contributed by atoms with Gasteiger partial charge in [0.05, 0.1) is 0 Å². The molecule has 25 heavy (non-hydrogen) atoms. The Labute approximate surface area is 146 Å². The van der Waals surface area contributed by atoms with Crippen LogP contribution < -0.4 is 4.90 Å². The van der Waals surface area contributed by atoms with Crippen molar-refractivity contribution < 1.29 is 13.9 Å². The zero-order valence-electron chi connectivity index (χ0n) is 14.8. The fourth-order valence-corrected chi connectivity index (χ4v) is 2.93. The number of rotatable bonds is 1. The van der Waals surface area contributed by atoms with Crippen LogP contribution in [0.25, 0.3) is 10.9 Å². The Hall–Kier alpha value is -2.44. The highest BCUT2D eigenvalue weighted by Gasteiger charge is 2.25. The fourth-order valence-electron chi connectivity index (χ4n) is 2.93. The quantitative estimate of drug-likeness (QED) is 0.793. The van der Waals surface area contributed by atoms with Crippen molar-refractivity contribution >= 4 is 22.8 Å². The van der Waals surface area contributed by atoms with Gasteiger partial charge in [0, 0.05) is 31.6 Å². The maximum Gasteiger partial charge on any atom is 0.410 e. The molecule has 1 saturated heterocycles. The minimum atomic E-state index is -0.510. The molecule has 0 atom stereocenters. The number of hydrogen-bond acceptors (Lipinski definition) is 5. The van der Waals surface area contributed by atoms with Gasteiger partial charge in [-0.25, -0.2) is 19.2 Å². The van der Waals surface area contributed by atoms with Gasteiger partial charge in [0.1, 0.15) is 29.1 Å². The van der Waals surface area contributed by atoms with Gasteiger partial charge >= 0.3 is 6.09 Å². The highest BCUT2D eigenvalue weighted by Crippen LogP contribution is 2.25. The normalized spacial score (nSPS) is 16.0. The van der Waals surface area contributed by atoms with Crippen LogP contribution in [0.3, 0.4) is 0 Å². The molecule has 0 spiro atoms. The summed E-state index contributed by atoms with van der Waals surface area (Å²) in [5.74, 6) is 0.349. The number of nitrogens with zero attached hydrogens (tertiary/aromatic N) is 4. The van der Waals surface area contributed by atoms with Crippen LogP contribution >= 0.6 is 0 Å². The maximum absolute atomic E-state index is 14.0. The topological polar surface area (TPSA) is 58.6 Å². The van der Waals surface area contributed by atoms with Gasteiger partial charge in [0.25, 0.3) is 0 Å². The molecular weight excluding hydrogens is 323 g/mol. The first kappa shape index (κ1) is 17.4. The smallest absolute Gasteiger partial charge is 0.410 e. The molecule has 0 N–H and O–H groups in total. The molecule has 2 heterocycles. The van der Waals surface area contributed by atoms with Crippen molar-refractivity contribution in [2.45, 2.75) is 32.8 Å². The first-order valence-corrected chi connectivity index (χ1v) is 8.47. The number of para-hydroxylation sites is 1. The van der Waals surface area contributed by atoms with E-state index in [2.05, 4.69) is 14.9 Å². The molecule has 3 rings (SSSR count). The lowest BCUT2D eigenvalue weighted by Gasteiger charge is -2.26. The van der Waals surface area contributed by atoms with Gasteiger partial charge < -0.3 is 14.5 Å². The molecule has 0 aliphatic carbocycles. The van der Waals surface area contributed by atoms with E-state index >= 15 is 0 Å². The Morgan fingerprint density at radius 2 is 1.96 bits per heavy atom. The second kappa shape index (κ2) is 6.82. The third-order valence-electron chi connectivity index (χ3n) is 4.04. The standard InChI is InChI=1S/C18H23FN4O2/c1-18(2,3)25-17(24)23-9-5-8-22(10-11-23)16-13-6-4-7-14(19)15(13)20-12-21-16/h4,6-7,12H,5,8-11H2,1-3H3. The Kier molecular flexibility index (Phi) is 4.74. The third-order valence-corrected chi connectivity index (χ3v) is 4.04. The number of fused-ring (bicyclic) bond motifs is 1. The van der Waals surface area contributed by atoms with Crippen molar-refractivity contribution in [3.05, 3.63) is 30.3 Å². The monoisotopic (exact) mass is 346 g/mol. The molecule has 1 fully saturated rings.